The minimum atomic E-state index is -0.0991. The molecule has 4 heteroatoms. The van der Waals surface area contributed by atoms with Crippen LogP contribution in [-0.4, -0.2) is 28.5 Å². The fraction of sp³-hybridized carbons (Fsp3) is 0.688. The van der Waals surface area contributed by atoms with Crippen LogP contribution in [0.1, 0.15) is 56.7 Å². The monoisotopic (exact) mass is 276 g/mol. The Morgan fingerprint density at radius 1 is 1.35 bits per heavy atom. The lowest BCUT2D eigenvalue weighted by Crippen LogP contribution is -2.54. The zero-order chi connectivity index (χ0) is 14.8. The van der Waals surface area contributed by atoms with Gasteiger partial charge in [-0.05, 0) is 57.8 Å². The number of hydrogen-bond donors (Lipinski definition) is 2. The first kappa shape index (κ1) is 15.3. The molecule has 1 aliphatic heterocycles. The van der Waals surface area contributed by atoms with Crippen LogP contribution >= 0.6 is 0 Å². The molecule has 0 aliphatic carbocycles. The Balaban J connectivity index is 2.31. The Morgan fingerprint density at radius 2 is 2.00 bits per heavy atom. The van der Waals surface area contributed by atoms with Crippen molar-refractivity contribution in [1.29, 1.82) is 0 Å². The molecule has 0 saturated carbocycles. The highest BCUT2D eigenvalue weighted by Gasteiger charge is 2.38. The third-order valence-corrected chi connectivity index (χ3v) is 4.89. The molecular formula is C16H28N4. The summed E-state index contributed by atoms with van der Waals surface area (Å²) in [7, 11) is 0. The number of aryl methyl sites for hydroxylation is 1. The number of rotatable bonds is 4. The molecule has 0 amide bonds. The van der Waals surface area contributed by atoms with Crippen molar-refractivity contribution in [3.8, 4) is 0 Å². The average molecular weight is 276 g/mol. The second-order valence-electron chi connectivity index (χ2n) is 6.22. The maximum Gasteiger partial charge on any atom is 0.128 e. The van der Waals surface area contributed by atoms with E-state index in [0.717, 1.165) is 30.6 Å². The second-order valence-corrected chi connectivity index (χ2v) is 6.22. The first-order valence-electron chi connectivity index (χ1n) is 7.71. The number of hydrogen-bond acceptors (Lipinski definition) is 4. The van der Waals surface area contributed by atoms with Gasteiger partial charge in [-0.25, -0.2) is 4.98 Å². The molecule has 1 saturated heterocycles. The molecule has 0 bridgehead atoms. The summed E-state index contributed by atoms with van der Waals surface area (Å²) >= 11 is 0. The number of piperidine rings is 1. The van der Waals surface area contributed by atoms with E-state index in [4.69, 9.17) is 11.5 Å². The van der Waals surface area contributed by atoms with Crippen molar-refractivity contribution in [2.24, 2.45) is 5.73 Å². The minimum absolute atomic E-state index is 0.0516. The zero-order valence-electron chi connectivity index (χ0n) is 13.0. The lowest BCUT2D eigenvalue weighted by atomic mass is 9.82. The third kappa shape index (κ3) is 2.81. The molecule has 20 heavy (non-hydrogen) atoms. The van der Waals surface area contributed by atoms with Crippen LogP contribution in [0.15, 0.2) is 12.3 Å². The summed E-state index contributed by atoms with van der Waals surface area (Å²) in [6.45, 7) is 8.79. The van der Waals surface area contributed by atoms with Gasteiger partial charge in [0.05, 0.1) is 6.04 Å². The van der Waals surface area contributed by atoms with Gasteiger partial charge in [0.25, 0.3) is 0 Å². The highest BCUT2D eigenvalue weighted by molar-refractivity contribution is 5.44. The molecule has 1 aromatic rings. The van der Waals surface area contributed by atoms with Crippen LogP contribution in [0, 0.1) is 6.92 Å². The molecule has 2 heterocycles. The molecule has 2 atom stereocenters. The summed E-state index contributed by atoms with van der Waals surface area (Å²) < 4.78 is 0. The van der Waals surface area contributed by atoms with E-state index >= 15 is 0 Å². The number of anilines is 1. The van der Waals surface area contributed by atoms with Crippen LogP contribution in [-0.2, 0) is 0 Å². The molecule has 2 rings (SSSR count). The maximum absolute atomic E-state index is 6.62. The Kier molecular flexibility index (Phi) is 4.66. The Labute approximate surface area is 122 Å². The van der Waals surface area contributed by atoms with Gasteiger partial charge in [0, 0.05) is 17.3 Å². The smallest absolute Gasteiger partial charge is 0.128 e. The van der Waals surface area contributed by atoms with E-state index < -0.39 is 0 Å². The highest BCUT2D eigenvalue weighted by Crippen LogP contribution is 2.36. The molecule has 1 aliphatic rings. The van der Waals surface area contributed by atoms with E-state index in [1.165, 1.54) is 19.3 Å². The number of nitrogen functional groups attached to an aromatic ring is 1. The van der Waals surface area contributed by atoms with Crippen molar-refractivity contribution in [2.75, 3.05) is 18.8 Å². The molecule has 0 spiro atoms. The lowest BCUT2D eigenvalue weighted by Gasteiger charge is -2.47. The van der Waals surface area contributed by atoms with Crippen LogP contribution in [0.4, 0.5) is 5.82 Å². The van der Waals surface area contributed by atoms with Gasteiger partial charge >= 0.3 is 0 Å². The summed E-state index contributed by atoms with van der Waals surface area (Å²) in [5.74, 6) is 0.569. The van der Waals surface area contributed by atoms with Crippen molar-refractivity contribution in [1.82, 2.24) is 9.88 Å². The molecule has 4 nitrogen and oxygen atoms in total. The van der Waals surface area contributed by atoms with Gasteiger partial charge in [-0.2, -0.15) is 0 Å². The van der Waals surface area contributed by atoms with Crippen molar-refractivity contribution < 1.29 is 0 Å². The molecular weight excluding hydrogens is 248 g/mol. The predicted molar refractivity (Wildman–Crippen MR) is 84.4 cm³/mol. The third-order valence-electron chi connectivity index (χ3n) is 4.89. The Bertz CT molecular complexity index is 454. The van der Waals surface area contributed by atoms with Crippen molar-refractivity contribution in [3.63, 3.8) is 0 Å². The van der Waals surface area contributed by atoms with Gasteiger partial charge in [-0.1, -0.05) is 13.3 Å². The van der Waals surface area contributed by atoms with E-state index in [9.17, 15) is 0 Å². The fourth-order valence-corrected chi connectivity index (χ4v) is 3.23. The Hall–Kier alpha value is -1.13. The van der Waals surface area contributed by atoms with E-state index in [0.29, 0.717) is 5.82 Å². The first-order chi connectivity index (χ1) is 9.49. The quantitative estimate of drug-likeness (QED) is 0.887. The normalized spacial score (nSPS) is 21.4. The number of aromatic nitrogens is 1. The summed E-state index contributed by atoms with van der Waals surface area (Å²) in [5, 5.41) is 0. The average Bonchev–Trinajstić information content (AvgIpc) is 2.49. The van der Waals surface area contributed by atoms with Gasteiger partial charge < -0.3 is 11.5 Å². The SMILES string of the molecule is CCC(C)(C(N)c1cc(C)cnc1N)N1CCCCC1. The molecule has 4 N–H and O–H groups in total. The van der Waals surface area contributed by atoms with E-state index in [1.807, 2.05) is 6.92 Å². The maximum atomic E-state index is 6.62. The topological polar surface area (TPSA) is 68.2 Å². The zero-order valence-corrected chi connectivity index (χ0v) is 13.0. The molecule has 2 unspecified atom stereocenters. The summed E-state index contributed by atoms with van der Waals surface area (Å²) in [4.78, 5) is 6.82. The van der Waals surface area contributed by atoms with Gasteiger partial charge in [0.15, 0.2) is 0 Å². The van der Waals surface area contributed by atoms with E-state index in [-0.39, 0.29) is 11.6 Å². The van der Waals surface area contributed by atoms with Crippen LogP contribution in [0.25, 0.3) is 0 Å². The first-order valence-corrected chi connectivity index (χ1v) is 7.71. The highest BCUT2D eigenvalue weighted by atomic mass is 15.2. The number of likely N-dealkylation sites (tertiary alicyclic amines) is 1. The number of pyridine rings is 1. The summed E-state index contributed by atoms with van der Waals surface area (Å²) in [5.41, 5.74) is 14.7. The van der Waals surface area contributed by atoms with Crippen molar-refractivity contribution in [2.45, 2.75) is 58.0 Å². The number of nitrogens with two attached hydrogens (primary N) is 2. The predicted octanol–water partition coefficient (Wildman–Crippen LogP) is 2.63. The summed E-state index contributed by atoms with van der Waals surface area (Å²) in [6.07, 6.45) is 6.69. The molecule has 0 aromatic carbocycles. The minimum Gasteiger partial charge on any atom is -0.383 e. The van der Waals surface area contributed by atoms with Crippen LogP contribution in [0.2, 0.25) is 0 Å². The molecule has 0 radical (unpaired) electrons. The number of nitrogens with zero attached hydrogens (tertiary/aromatic N) is 2. The van der Waals surface area contributed by atoms with Crippen molar-refractivity contribution in [3.05, 3.63) is 23.4 Å². The van der Waals surface area contributed by atoms with Crippen LogP contribution in [0.5, 0.6) is 0 Å². The lowest BCUT2D eigenvalue weighted by molar-refractivity contribution is 0.0544. The van der Waals surface area contributed by atoms with Crippen LogP contribution in [0.3, 0.4) is 0 Å². The van der Waals surface area contributed by atoms with E-state index in [1.54, 1.807) is 6.20 Å². The summed E-state index contributed by atoms with van der Waals surface area (Å²) in [6, 6.07) is 1.99. The molecule has 112 valence electrons. The van der Waals surface area contributed by atoms with Crippen molar-refractivity contribution >= 4 is 5.82 Å². The fourth-order valence-electron chi connectivity index (χ4n) is 3.23. The van der Waals surface area contributed by atoms with Gasteiger partial charge in [0.1, 0.15) is 5.82 Å². The Morgan fingerprint density at radius 3 is 2.60 bits per heavy atom. The van der Waals surface area contributed by atoms with Gasteiger partial charge in [0.2, 0.25) is 0 Å². The van der Waals surface area contributed by atoms with Gasteiger partial charge in [-0.15, -0.1) is 0 Å². The van der Waals surface area contributed by atoms with Crippen LogP contribution < -0.4 is 11.5 Å². The largest absolute Gasteiger partial charge is 0.383 e. The van der Waals surface area contributed by atoms with Gasteiger partial charge in [-0.3, -0.25) is 4.90 Å². The standard InChI is InChI=1S/C16H28N4/c1-4-16(3,20-8-6-5-7-9-20)14(17)13-10-12(2)11-19-15(13)18/h10-11,14H,4-9,17H2,1-3H3,(H2,18,19). The second kappa shape index (κ2) is 6.10. The van der Waals surface area contributed by atoms with E-state index in [2.05, 4.69) is 29.8 Å². The molecule has 1 aromatic heterocycles. The molecule has 1 fully saturated rings.